The summed E-state index contributed by atoms with van der Waals surface area (Å²) >= 11 is 0. The molecule has 1 aliphatic heterocycles. The Labute approximate surface area is 140 Å². The number of rotatable bonds is 6. The van der Waals surface area contributed by atoms with Crippen LogP contribution in [0.25, 0.3) is 0 Å². The van der Waals surface area contributed by atoms with Crippen LogP contribution in [0.2, 0.25) is 0 Å². The summed E-state index contributed by atoms with van der Waals surface area (Å²) in [6.07, 6.45) is 1.55. The Kier molecular flexibility index (Phi) is 5.10. The SMILES string of the molecule is CN(CCCOc1ccc(F)cc1)C(=O)c1n[nH]c2c1CNCC2. The molecule has 24 heavy (non-hydrogen) atoms. The van der Waals surface area contributed by atoms with Gasteiger partial charge in [-0.25, -0.2) is 4.39 Å². The number of nitrogens with zero attached hydrogens (tertiary/aromatic N) is 2. The van der Waals surface area contributed by atoms with Gasteiger partial charge < -0.3 is 15.0 Å². The summed E-state index contributed by atoms with van der Waals surface area (Å²) < 4.78 is 18.3. The van der Waals surface area contributed by atoms with Gasteiger partial charge in [-0.1, -0.05) is 0 Å². The molecule has 2 N–H and O–H groups in total. The lowest BCUT2D eigenvalue weighted by molar-refractivity contribution is 0.0780. The fraction of sp³-hybridized carbons (Fsp3) is 0.412. The first-order valence-electron chi connectivity index (χ1n) is 8.06. The van der Waals surface area contributed by atoms with Crippen molar-refractivity contribution in [2.75, 3.05) is 26.7 Å². The number of carbonyl (C=O) groups is 1. The third-order valence-corrected chi connectivity index (χ3v) is 4.08. The van der Waals surface area contributed by atoms with Gasteiger partial charge in [0.25, 0.3) is 5.91 Å². The maximum absolute atomic E-state index is 12.8. The molecule has 1 aromatic carbocycles. The highest BCUT2D eigenvalue weighted by molar-refractivity contribution is 5.93. The van der Waals surface area contributed by atoms with Crippen molar-refractivity contribution in [2.45, 2.75) is 19.4 Å². The quantitative estimate of drug-likeness (QED) is 0.791. The fourth-order valence-electron chi connectivity index (χ4n) is 2.71. The molecular formula is C17H21FN4O2. The second kappa shape index (κ2) is 7.44. The van der Waals surface area contributed by atoms with E-state index in [0.29, 0.717) is 37.6 Å². The number of hydrogen-bond donors (Lipinski definition) is 2. The highest BCUT2D eigenvalue weighted by Gasteiger charge is 2.23. The number of aromatic amines is 1. The molecule has 1 amide bonds. The number of ether oxygens (including phenoxy) is 1. The van der Waals surface area contributed by atoms with Gasteiger partial charge in [-0.2, -0.15) is 5.10 Å². The maximum atomic E-state index is 12.8. The molecule has 2 heterocycles. The molecule has 0 aliphatic carbocycles. The molecule has 0 bridgehead atoms. The summed E-state index contributed by atoms with van der Waals surface area (Å²) in [5, 5.41) is 10.4. The second-order valence-corrected chi connectivity index (χ2v) is 5.84. The average molecular weight is 332 g/mol. The van der Waals surface area contributed by atoms with Crippen LogP contribution in [-0.2, 0) is 13.0 Å². The summed E-state index contributed by atoms with van der Waals surface area (Å²) in [5.74, 6) is 0.250. The van der Waals surface area contributed by atoms with E-state index in [1.807, 2.05) is 0 Å². The van der Waals surface area contributed by atoms with Crippen molar-refractivity contribution in [3.05, 3.63) is 47.0 Å². The van der Waals surface area contributed by atoms with Crippen molar-refractivity contribution >= 4 is 5.91 Å². The second-order valence-electron chi connectivity index (χ2n) is 5.84. The third-order valence-electron chi connectivity index (χ3n) is 4.08. The number of benzene rings is 1. The minimum Gasteiger partial charge on any atom is -0.494 e. The molecule has 3 rings (SSSR count). The van der Waals surface area contributed by atoms with Crippen molar-refractivity contribution in [1.82, 2.24) is 20.4 Å². The molecule has 1 aliphatic rings. The van der Waals surface area contributed by atoms with Crippen molar-refractivity contribution < 1.29 is 13.9 Å². The highest BCUT2D eigenvalue weighted by Crippen LogP contribution is 2.17. The number of amides is 1. The van der Waals surface area contributed by atoms with Crippen LogP contribution in [-0.4, -0.2) is 47.7 Å². The molecule has 0 spiro atoms. The van der Waals surface area contributed by atoms with Gasteiger partial charge in [0, 0.05) is 44.4 Å². The molecule has 1 aromatic heterocycles. The van der Waals surface area contributed by atoms with E-state index in [1.54, 1.807) is 24.1 Å². The summed E-state index contributed by atoms with van der Waals surface area (Å²) in [6, 6.07) is 5.90. The molecule has 6 nitrogen and oxygen atoms in total. The van der Waals surface area contributed by atoms with E-state index in [0.717, 1.165) is 24.2 Å². The van der Waals surface area contributed by atoms with Gasteiger partial charge >= 0.3 is 0 Å². The predicted molar refractivity (Wildman–Crippen MR) is 87.5 cm³/mol. The standard InChI is InChI=1S/C17H21FN4O2/c1-22(9-2-10-24-13-5-3-12(18)4-6-13)17(23)16-14-11-19-8-7-15(14)20-21-16/h3-6,19H,2,7-11H2,1H3,(H,20,21). The zero-order valence-electron chi connectivity index (χ0n) is 13.6. The number of H-pyrrole nitrogens is 1. The maximum Gasteiger partial charge on any atom is 0.274 e. The molecule has 0 unspecified atom stereocenters. The molecule has 7 heteroatoms. The van der Waals surface area contributed by atoms with Crippen LogP contribution in [0.3, 0.4) is 0 Å². The van der Waals surface area contributed by atoms with Crippen molar-refractivity contribution in [3.8, 4) is 5.75 Å². The molecule has 0 saturated carbocycles. The number of aromatic nitrogens is 2. The first-order chi connectivity index (χ1) is 11.6. The molecule has 2 aromatic rings. The summed E-state index contributed by atoms with van der Waals surface area (Å²) in [4.78, 5) is 14.2. The Morgan fingerprint density at radius 2 is 2.17 bits per heavy atom. The van der Waals surface area contributed by atoms with E-state index in [2.05, 4.69) is 15.5 Å². The molecule has 0 fully saturated rings. The van der Waals surface area contributed by atoms with Crippen molar-refractivity contribution in [3.63, 3.8) is 0 Å². The van der Waals surface area contributed by atoms with Gasteiger partial charge in [0.1, 0.15) is 11.6 Å². The van der Waals surface area contributed by atoms with Crippen LogP contribution in [0.15, 0.2) is 24.3 Å². The Morgan fingerprint density at radius 1 is 1.38 bits per heavy atom. The van der Waals surface area contributed by atoms with Crippen LogP contribution in [0, 0.1) is 5.82 Å². The van der Waals surface area contributed by atoms with Gasteiger partial charge in [-0.15, -0.1) is 0 Å². The summed E-state index contributed by atoms with van der Waals surface area (Å²) in [6.45, 7) is 2.60. The lowest BCUT2D eigenvalue weighted by Gasteiger charge is -2.18. The monoisotopic (exact) mass is 332 g/mol. The third kappa shape index (κ3) is 3.73. The topological polar surface area (TPSA) is 70.2 Å². The van der Waals surface area contributed by atoms with E-state index in [4.69, 9.17) is 4.74 Å². The van der Waals surface area contributed by atoms with Gasteiger partial charge in [0.2, 0.25) is 0 Å². The largest absolute Gasteiger partial charge is 0.494 e. The number of fused-ring (bicyclic) bond motifs is 1. The summed E-state index contributed by atoms with van der Waals surface area (Å²) in [5.41, 5.74) is 2.52. The Bertz CT molecular complexity index is 699. The number of hydrogen-bond acceptors (Lipinski definition) is 4. The highest BCUT2D eigenvalue weighted by atomic mass is 19.1. The molecule has 0 saturated heterocycles. The van der Waals surface area contributed by atoms with Gasteiger partial charge in [-0.3, -0.25) is 9.89 Å². The summed E-state index contributed by atoms with van der Waals surface area (Å²) in [7, 11) is 1.76. The smallest absolute Gasteiger partial charge is 0.274 e. The van der Waals surface area contributed by atoms with Gasteiger partial charge in [-0.05, 0) is 30.7 Å². The van der Waals surface area contributed by atoms with Gasteiger partial charge in [0.05, 0.1) is 6.61 Å². The Balaban J connectivity index is 1.48. The van der Waals surface area contributed by atoms with Crippen molar-refractivity contribution in [1.29, 1.82) is 0 Å². The zero-order chi connectivity index (χ0) is 16.9. The van der Waals surface area contributed by atoms with Crippen LogP contribution < -0.4 is 10.1 Å². The normalized spacial score (nSPS) is 13.4. The zero-order valence-corrected chi connectivity index (χ0v) is 13.6. The van der Waals surface area contributed by atoms with Crippen LogP contribution in [0.1, 0.15) is 28.2 Å². The molecule has 0 atom stereocenters. The molecular weight excluding hydrogens is 311 g/mol. The van der Waals surface area contributed by atoms with E-state index >= 15 is 0 Å². The Morgan fingerprint density at radius 3 is 2.96 bits per heavy atom. The first kappa shape index (κ1) is 16.4. The van der Waals surface area contributed by atoms with E-state index < -0.39 is 0 Å². The lowest BCUT2D eigenvalue weighted by atomic mass is 10.1. The number of halogens is 1. The van der Waals surface area contributed by atoms with Crippen LogP contribution in [0.5, 0.6) is 5.75 Å². The predicted octanol–water partition coefficient (Wildman–Crippen LogP) is 1.74. The van der Waals surface area contributed by atoms with Gasteiger partial charge in [0.15, 0.2) is 5.69 Å². The number of nitrogens with one attached hydrogen (secondary N) is 2. The Hall–Kier alpha value is -2.41. The van der Waals surface area contributed by atoms with Crippen LogP contribution >= 0.6 is 0 Å². The minimum absolute atomic E-state index is 0.0852. The van der Waals surface area contributed by atoms with Crippen molar-refractivity contribution in [2.24, 2.45) is 0 Å². The lowest BCUT2D eigenvalue weighted by Crippen LogP contribution is -2.31. The first-order valence-corrected chi connectivity index (χ1v) is 8.06. The van der Waals surface area contributed by atoms with E-state index in [9.17, 15) is 9.18 Å². The van der Waals surface area contributed by atoms with E-state index in [1.165, 1.54) is 12.1 Å². The molecule has 0 radical (unpaired) electrons. The fourth-order valence-corrected chi connectivity index (χ4v) is 2.71. The molecule has 128 valence electrons. The van der Waals surface area contributed by atoms with Crippen LogP contribution in [0.4, 0.5) is 4.39 Å². The average Bonchev–Trinajstić information content (AvgIpc) is 3.03. The number of carbonyl (C=O) groups excluding carboxylic acids is 1. The minimum atomic E-state index is -0.287. The van der Waals surface area contributed by atoms with E-state index in [-0.39, 0.29) is 11.7 Å².